The number of alkyl halides is 3. The van der Waals surface area contributed by atoms with Crippen molar-refractivity contribution in [2.75, 3.05) is 37.7 Å². The van der Waals surface area contributed by atoms with Gasteiger partial charge in [0.05, 0.1) is 17.2 Å². The Morgan fingerprint density at radius 2 is 1.94 bits per heavy atom. The molecule has 2 aliphatic heterocycles. The van der Waals surface area contributed by atoms with E-state index in [-0.39, 0.29) is 35.3 Å². The zero-order valence-electron chi connectivity index (χ0n) is 18.1. The molecular formula is C23H30F3N3O2. The van der Waals surface area contributed by atoms with E-state index in [1.165, 1.54) is 6.07 Å². The van der Waals surface area contributed by atoms with E-state index >= 15 is 0 Å². The maximum atomic E-state index is 13.3. The fourth-order valence-electron chi connectivity index (χ4n) is 5.19. The number of hydrogen-bond acceptors (Lipinski definition) is 4. The number of benzene rings is 1. The molecule has 0 saturated carbocycles. The van der Waals surface area contributed by atoms with Gasteiger partial charge in [-0.1, -0.05) is 13.8 Å². The van der Waals surface area contributed by atoms with Gasteiger partial charge in [0, 0.05) is 50.3 Å². The number of anilines is 1. The highest BCUT2D eigenvalue weighted by Gasteiger charge is 2.49. The van der Waals surface area contributed by atoms with Crippen LogP contribution in [0, 0.1) is 28.6 Å². The Balaban J connectivity index is 1.75. The molecule has 31 heavy (non-hydrogen) atoms. The summed E-state index contributed by atoms with van der Waals surface area (Å²) in [6.45, 7) is 6.25. The van der Waals surface area contributed by atoms with E-state index in [0.29, 0.717) is 44.7 Å². The summed E-state index contributed by atoms with van der Waals surface area (Å²) in [5, 5.41) is 19.0. The van der Waals surface area contributed by atoms with Gasteiger partial charge < -0.3 is 14.9 Å². The van der Waals surface area contributed by atoms with Crippen LogP contribution >= 0.6 is 0 Å². The van der Waals surface area contributed by atoms with Gasteiger partial charge in [-0.05, 0) is 49.3 Å². The Morgan fingerprint density at radius 1 is 1.29 bits per heavy atom. The summed E-state index contributed by atoms with van der Waals surface area (Å²) in [5.74, 6) is 0.123. The number of nitrogens with zero attached hydrogens (tertiary/aromatic N) is 3. The SMILES string of the molecule is CCC(CC)C(=O)N1CC(CO)C2(CCN(c3ccc(C#N)c(C(F)(F)F)c3)CC2)C1. The van der Waals surface area contributed by atoms with Crippen LogP contribution in [-0.2, 0) is 11.0 Å². The van der Waals surface area contributed by atoms with Crippen LogP contribution in [0.2, 0.25) is 0 Å². The number of carbonyl (C=O) groups is 1. The number of aliphatic hydroxyl groups excluding tert-OH is 1. The molecule has 3 rings (SSSR count). The van der Waals surface area contributed by atoms with Crippen molar-refractivity contribution in [3.63, 3.8) is 0 Å². The molecule has 1 N–H and O–H groups in total. The molecule has 1 unspecified atom stereocenters. The molecule has 0 aromatic heterocycles. The standard InChI is InChI=1S/C23H30F3N3O2/c1-3-16(4-2)21(31)29-13-18(14-30)22(15-29)7-9-28(10-8-22)19-6-5-17(12-27)20(11-19)23(24,25)26/h5-6,11,16,18,30H,3-4,7-10,13-15H2,1-2H3. The number of piperidine rings is 1. The molecule has 1 atom stereocenters. The topological polar surface area (TPSA) is 67.6 Å². The number of aliphatic hydroxyl groups is 1. The summed E-state index contributed by atoms with van der Waals surface area (Å²) in [6, 6.07) is 5.46. The number of carbonyl (C=O) groups excluding carboxylic acids is 1. The van der Waals surface area contributed by atoms with E-state index in [4.69, 9.17) is 5.26 Å². The number of amides is 1. The van der Waals surface area contributed by atoms with E-state index in [1.807, 2.05) is 23.6 Å². The Morgan fingerprint density at radius 3 is 2.45 bits per heavy atom. The molecule has 2 aliphatic rings. The maximum Gasteiger partial charge on any atom is 0.417 e. The smallest absolute Gasteiger partial charge is 0.396 e. The number of rotatable bonds is 5. The third-order valence-corrected chi connectivity index (χ3v) is 7.23. The summed E-state index contributed by atoms with van der Waals surface area (Å²) in [6.07, 6.45) is -1.60. The lowest BCUT2D eigenvalue weighted by Gasteiger charge is -2.43. The monoisotopic (exact) mass is 437 g/mol. The van der Waals surface area contributed by atoms with Crippen molar-refractivity contribution >= 4 is 11.6 Å². The van der Waals surface area contributed by atoms with Crippen molar-refractivity contribution in [3.05, 3.63) is 29.3 Å². The highest BCUT2D eigenvalue weighted by molar-refractivity contribution is 5.79. The predicted molar refractivity (Wildman–Crippen MR) is 111 cm³/mol. The Bertz CT molecular complexity index is 837. The van der Waals surface area contributed by atoms with Gasteiger partial charge in [-0.25, -0.2) is 0 Å². The second kappa shape index (κ2) is 9.07. The van der Waals surface area contributed by atoms with Gasteiger partial charge in [0.1, 0.15) is 0 Å². The van der Waals surface area contributed by atoms with Gasteiger partial charge in [-0.2, -0.15) is 18.4 Å². The van der Waals surface area contributed by atoms with Crippen LogP contribution in [0.1, 0.15) is 50.7 Å². The summed E-state index contributed by atoms with van der Waals surface area (Å²) in [7, 11) is 0. The molecule has 1 aromatic rings. The molecule has 1 spiro atoms. The van der Waals surface area contributed by atoms with E-state index in [0.717, 1.165) is 18.9 Å². The molecule has 0 radical (unpaired) electrons. The molecule has 0 aliphatic carbocycles. The lowest BCUT2D eigenvalue weighted by Crippen LogP contribution is -2.45. The van der Waals surface area contributed by atoms with Gasteiger partial charge in [0.25, 0.3) is 0 Å². The number of halogens is 3. The fraction of sp³-hybridized carbons (Fsp3) is 0.652. The van der Waals surface area contributed by atoms with E-state index in [1.54, 1.807) is 12.1 Å². The molecule has 2 heterocycles. The molecule has 2 fully saturated rings. The van der Waals surface area contributed by atoms with Gasteiger partial charge in [0.2, 0.25) is 5.91 Å². The predicted octanol–water partition coefficient (Wildman–Crippen LogP) is 4.05. The Kier molecular flexibility index (Phi) is 6.85. The summed E-state index contributed by atoms with van der Waals surface area (Å²) in [5.41, 5.74) is -1.04. The molecule has 1 aromatic carbocycles. The van der Waals surface area contributed by atoms with E-state index in [9.17, 15) is 23.1 Å². The van der Waals surface area contributed by atoms with Crippen LogP contribution in [-0.4, -0.2) is 48.7 Å². The quantitative estimate of drug-likeness (QED) is 0.755. The van der Waals surface area contributed by atoms with Crippen LogP contribution in [0.15, 0.2) is 18.2 Å². The van der Waals surface area contributed by atoms with Crippen LogP contribution in [0.25, 0.3) is 0 Å². The van der Waals surface area contributed by atoms with E-state index in [2.05, 4.69) is 0 Å². The largest absolute Gasteiger partial charge is 0.417 e. The second-order valence-electron chi connectivity index (χ2n) is 8.80. The molecule has 2 saturated heterocycles. The van der Waals surface area contributed by atoms with E-state index < -0.39 is 11.7 Å². The molecular weight excluding hydrogens is 407 g/mol. The van der Waals surface area contributed by atoms with Crippen LogP contribution in [0.3, 0.4) is 0 Å². The first-order chi connectivity index (χ1) is 14.7. The first-order valence-electron chi connectivity index (χ1n) is 10.9. The fourth-order valence-corrected chi connectivity index (χ4v) is 5.19. The highest BCUT2D eigenvalue weighted by atomic mass is 19.4. The van der Waals surface area contributed by atoms with Crippen molar-refractivity contribution < 1.29 is 23.1 Å². The van der Waals surface area contributed by atoms with Gasteiger partial charge >= 0.3 is 6.18 Å². The van der Waals surface area contributed by atoms with Crippen molar-refractivity contribution in [2.45, 2.75) is 45.7 Å². The Hall–Kier alpha value is -2.27. The van der Waals surface area contributed by atoms with Crippen LogP contribution in [0.4, 0.5) is 18.9 Å². The molecule has 8 heteroatoms. The zero-order valence-corrected chi connectivity index (χ0v) is 18.1. The van der Waals surface area contributed by atoms with Gasteiger partial charge in [-0.15, -0.1) is 0 Å². The molecule has 0 bridgehead atoms. The third-order valence-electron chi connectivity index (χ3n) is 7.23. The highest BCUT2D eigenvalue weighted by Crippen LogP contribution is 2.46. The summed E-state index contributed by atoms with van der Waals surface area (Å²) < 4.78 is 40.0. The van der Waals surface area contributed by atoms with Crippen molar-refractivity contribution in [1.29, 1.82) is 5.26 Å². The average Bonchev–Trinajstić information content (AvgIpc) is 3.12. The van der Waals surface area contributed by atoms with Crippen molar-refractivity contribution in [1.82, 2.24) is 4.90 Å². The maximum absolute atomic E-state index is 13.3. The van der Waals surface area contributed by atoms with Gasteiger partial charge in [0.15, 0.2) is 0 Å². The summed E-state index contributed by atoms with van der Waals surface area (Å²) in [4.78, 5) is 16.7. The number of likely N-dealkylation sites (tertiary alicyclic amines) is 1. The Labute approximate surface area is 181 Å². The van der Waals surface area contributed by atoms with Gasteiger partial charge in [-0.3, -0.25) is 4.79 Å². The molecule has 170 valence electrons. The first kappa shape index (κ1) is 23.4. The zero-order chi connectivity index (χ0) is 22.8. The molecule has 1 amide bonds. The minimum Gasteiger partial charge on any atom is -0.396 e. The second-order valence-corrected chi connectivity index (χ2v) is 8.80. The van der Waals surface area contributed by atoms with Crippen molar-refractivity contribution in [3.8, 4) is 6.07 Å². The normalized spacial score (nSPS) is 21.0. The number of nitriles is 1. The lowest BCUT2D eigenvalue weighted by atomic mass is 9.71. The molecule has 5 nitrogen and oxygen atoms in total. The average molecular weight is 438 g/mol. The summed E-state index contributed by atoms with van der Waals surface area (Å²) >= 11 is 0. The number of hydrogen-bond donors (Lipinski definition) is 1. The van der Waals surface area contributed by atoms with Crippen LogP contribution in [0.5, 0.6) is 0 Å². The van der Waals surface area contributed by atoms with Crippen molar-refractivity contribution in [2.24, 2.45) is 17.3 Å². The third kappa shape index (κ3) is 4.52. The minimum absolute atomic E-state index is 0.00177. The van der Waals surface area contributed by atoms with Crippen LogP contribution < -0.4 is 4.90 Å². The first-order valence-corrected chi connectivity index (χ1v) is 10.9. The minimum atomic E-state index is -4.58. The lowest BCUT2D eigenvalue weighted by molar-refractivity contribution is -0.138.